The Bertz CT molecular complexity index is 1330. The predicted octanol–water partition coefficient (Wildman–Crippen LogP) is 4.46. The van der Waals surface area contributed by atoms with Crippen molar-refractivity contribution in [3.05, 3.63) is 50.7 Å². The normalized spacial score (nSPS) is 16.3. The van der Waals surface area contributed by atoms with Gasteiger partial charge in [0.15, 0.2) is 0 Å². The summed E-state index contributed by atoms with van der Waals surface area (Å²) in [6, 6.07) is 9.39. The second-order valence-corrected chi connectivity index (χ2v) is 12.1. The number of aromatic nitrogens is 2. The molecule has 0 bridgehead atoms. The van der Waals surface area contributed by atoms with E-state index in [-0.39, 0.29) is 16.3 Å². The third-order valence-electron chi connectivity index (χ3n) is 6.43. The van der Waals surface area contributed by atoms with E-state index in [9.17, 15) is 14.9 Å². The number of aromatic amines is 1. The van der Waals surface area contributed by atoms with E-state index in [4.69, 9.17) is 9.26 Å². The third-order valence-corrected chi connectivity index (χ3v) is 8.74. The van der Waals surface area contributed by atoms with Gasteiger partial charge in [0.25, 0.3) is 0 Å². The number of H-pyrrole nitrogens is 1. The lowest BCUT2D eigenvalue weighted by atomic mass is 9.72. The molecule has 1 aliphatic rings. The summed E-state index contributed by atoms with van der Waals surface area (Å²) in [6.45, 7) is 8.47. The van der Waals surface area contributed by atoms with Crippen LogP contribution < -0.4 is 20.4 Å². The van der Waals surface area contributed by atoms with Crippen LogP contribution in [0.1, 0.15) is 50.1 Å². The van der Waals surface area contributed by atoms with E-state index in [0.29, 0.717) is 27.9 Å². The van der Waals surface area contributed by atoms with Crippen LogP contribution in [0.2, 0.25) is 0 Å². The average Bonchev–Trinajstić information content (AvgIpc) is 3.37. The summed E-state index contributed by atoms with van der Waals surface area (Å²) in [7, 11) is 1.58. The standard InChI is InChI=1S/C25H28N4O4S2/c1-14(34-23-24(31)33-28-29(23)16-7-9-17(32-5)10-8-16)21(30)27-22-19(13-26)18-11-6-15(25(2,3)4)12-20(18)35-22/h7-10,14-15H,6,11-12H2,1-5H3,(H-,27,28,30,31)/p+1. The number of hydrogen-bond donors (Lipinski definition) is 2. The summed E-state index contributed by atoms with van der Waals surface area (Å²) in [5, 5.41) is 15.6. The maximum absolute atomic E-state index is 13.1. The van der Waals surface area contributed by atoms with Gasteiger partial charge >= 0.3 is 10.7 Å². The zero-order chi connectivity index (χ0) is 25.3. The molecule has 2 aromatic heterocycles. The van der Waals surface area contributed by atoms with Gasteiger partial charge in [-0.25, -0.2) is 4.79 Å². The maximum Gasteiger partial charge on any atom is 0.442 e. The molecule has 0 saturated heterocycles. The smallest absolute Gasteiger partial charge is 0.442 e. The number of hydrogen-bond acceptors (Lipinski definition) is 7. The van der Waals surface area contributed by atoms with E-state index in [2.05, 4.69) is 37.4 Å². The van der Waals surface area contributed by atoms with Gasteiger partial charge in [0, 0.05) is 17.0 Å². The lowest BCUT2D eigenvalue weighted by molar-refractivity contribution is -0.704. The number of ether oxygens (including phenoxy) is 1. The molecule has 184 valence electrons. The Morgan fingerprint density at radius 3 is 2.71 bits per heavy atom. The summed E-state index contributed by atoms with van der Waals surface area (Å²) in [6.07, 6.45) is 2.81. The van der Waals surface area contributed by atoms with Gasteiger partial charge in [-0.3, -0.25) is 9.32 Å². The van der Waals surface area contributed by atoms with Crippen molar-refractivity contribution >= 4 is 34.0 Å². The van der Waals surface area contributed by atoms with Crippen LogP contribution in [0.3, 0.4) is 0 Å². The molecule has 2 unspecified atom stereocenters. The van der Waals surface area contributed by atoms with E-state index < -0.39 is 10.9 Å². The molecule has 0 saturated carbocycles. The van der Waals surface area contributed by atoms with Crippen molar-refractivity contribution in [2.75, 3.05) is 12.4 Å². The van der Waals surface area contributed by atoms with Gasteiger partial charge in [0.1, 0.15) is 16.8 Å². The van der Waals surface area contributed by atoms with Crippen LogP contribution in [0.5, 0.6) is 5.75 Å². The fraction of sp³-hybridized carbons (Fsp3) is 0.440. The molecule has 35 heavy (non-hydrogen) atoms. The van der Waals surface area contributed by atoms with E-state index in [1.165, 1.54) is 20.9 Å². The first kappa shape index (κ1) is 25.1. The highest BCUT2D eigenvalue weighted by Crippen LogP contribution is 2.44. The number of carbonyl (C=O) groups excluding carboxylic acids is 1. The Balaban J connectivity index is 1.52. The van der Waals surface area contributed by atoms with Gasteiger partial charge in [-0.05, 0) is 76.9 Å². The number of nitrogens with zero attached hydrogens (tertiary/aromatic N) is 2. The Morgan fingerprint density at radius 1 is 1.37 bits per heavy atom. The molecule has 10 heteroatoms. The van der Waals surface area contributed by atoms with Gasteiger partial charge in [-0.2, -0.15) is 5.26 Å². The SMILES string of the molecule is COc1ccc(-[n+]2[nH]oc(=O)c2SC(C)C(=O)Nc2sc3c(c2C#N)CCC(C(C)(C)C)C3)cc1. The van der Waals surface area contributed by atoms with Crippen molar-refractivity contribution < 1.29 is 18.7 Å². The topological polar surface area (TPSA) is 112 Å². The Kier molecular flexibility index (Phi) is 7.10. The number of rotatable bonds is 6. The molecule has 8 nitrogen and oxygen atoms in total. The molecular formula is C25H29N4O4S2+. The van der Waals surface area contributed by atoms with Gasteiger partial charge in [-0.1, -0.05) is 20.8 Å². The van der Waals surface area contributed by atoms with Gasteiger partial charge in [0.2, 0.25) is 11.6 Å². The minimum atomic E-state index is -0.605. The molecule has 2 N–H and O–H groups in total. The van der Waals surface area contributed by atoms with Crippen LogP contribution >= 0.6 is 23.1 Å². The van der Waals surface area contributed by atoms with Crippen LogP contribution in [0.15, 0.2) is 38.6 Å². The second-order valence-electron chi connectivity index (χ2n) is 9.69. The van der Waals surface area contributed by atoms with E-state index in [1.807, 2.05) is 0 Å². The number of fused-ring (bicyclic) bond motifs is 1. The molecule has 0 spiro atoms. The molecule has 2 atom stereocenters. The van der Waals surface area contributed by atoms with Crippen molar-refractivity contribution in [2.24, 2.45) is 11.3 Å². The van der Waals surface area contributed by atoms with Crippen molar-refractivity contribution in [1.82, 2.24) is 5.27 Å². The number of thiophene rings is 1. The maximum atomic E-state index is 13.1. The molecule has 1 amide bonds. The summed E-state index contributed by atoms with van der Waals surface area (Å²) >= 11 is 2.59. The number of nitrogens with one attached hydrogen (secondary N) is 2. The number of anilines is 1. The quantitative estimate of drug-likeness (QED) is 0.372. The molecule has 1 aromatic carbocycles. The molecule has 0 aliphatic heterocycles. The zero-order valence-electron chi connectivity index (χ0n) is 20.4. The largest absolute Gasteiger partial charge is 0.497 e. The van der Waals surface area contributed by atoms with E-state index >= 15 is 0 Å². The first-order valence-corrected chi connectivity index (χ1v) is 13.1. The Labute approximate surface area is 212 Å². The summed E-state index contributed by atoms with van der Waals surface area (Å²) in [5.74, 6) is 0.946. The molecular weight excluding hydrogens is 484 g/mol. The number of thioether (sulfide) groups is 1. The minimum absolute atomic E-state index is 0.194. The van der Waals surface area contributed by atoms with Crippen molar-refractivity contribution in [2.45, 2.75) is 57.2 Å². The lowest BCUT2D eigenvalue weighted by Crippen LogP contribution is -2.37. The summed E-state index contributed by atoms with van der Waals surface area (Å²) in [5.41, 5.74) is 1.93. The molecule has 1 aliphatic carbocycles. The molecule has 2 heterocycles. The van der Waals surface area contributed by atoms with Crippen LogP contribution in [-0.4, -0.2) is 23.5 Å². The van der Waals surface area contributed by atoms with Crippen molar-refractivity contribution in [3.63, 3.8) is 0 Å². The third kappa shape index (κ3) is 5.16. The molecule has 3 aromatic rings. The van der Waals surface area contributed by atoms with E-state index in [0.717, 1.165) is 36.6 Å². The Morgan fingerprint density at radius 2 is 2.09 bits per heavy atom. The van der Waals surface area contributed by atoms with Gasteiger partial charge in [-0.15, -0.1) is 11.3 Å². The van der Waals surface area contributed by atoms with Crippen LogP contribution in [0.4, 0.5) is 5.00 Å². The number of benzene rings is 1. The minimum Gasteiger partial charge on any atom is -0.497 e. The first-order valence-electron chi connectivity index (χ1n) is 11.4. The van der Waals surface area contributed by atoms with Gasteiger partial charge in [0.05, 0.1) is 17.9 Å². The van der Waals surface area contributed by atoms with Crippen molar-refractivity contribution in [3.8, 4) is 17.5 Å². The number of amides is 1. The monoisotopic (exact) mass is 513 g/mol. The highest BCUT2D eigenvalue weighted by molar-refractivity contribution is 8.00. The van der Waals surface area contributed by atoms with Crippen LogP contribution in [-0.2, 0) is 17.6 Å². The number of nitriles is 1. The molecule has 0 fully saturated rings. The number of methoxy groups -OCH3 is 1. The fourth-order valence-corrected chi connectivity index (χ4v) is 6.40. The summed E-state index contributed by atoms with van der Waals surface area (Å²) in [4.78, 5) is 26.6. The van der Waals surface area contributed by atoms with Crippen LogP contribution in [0, 0.1) is 22.7 Å². The highest BCUT2D eigenvalue weighted by atomic mass is 32.2. The molecule has 4 rings (SSSR count). The Hall–Kier alpha value is -3.03. The highest BCUT2D eigenvalue weighted by Gasteiger charge is 2.33. The van der Waals surface area contributed by atoms with Gasteiger partial charge < -0.3 is 10.1 Å². The van der Waals surface area contributed by atoms with Crippen molar-refractivity contribution in [1.29, 1.82) is 5.26 Å². The lowest BCUT2D eigenvalue weighted by Gasteiger charge is -2.33. The van der Waals surface area contributed by atoms with Crippen LogP contribution in [0.25, 0.3) is 5.69 Å². The second kappa shape index (κ2) is 9.91. The van der Waals surface area contributed by atoms with E-state index in [1.54, 1.807) is 38.3 Å². The number of carbonyl (C=O) groups is 1. The average molecular weight is 514 g/mol. The summed E-state index contributed by atoms with van der Waals surface area (Å²) < 4.78 is 11.7. The predicted molar refractivity (Wildman–Crippen MR) is 135 cm³/mol. The first-order chi connectivity index (χ1) is 16.6. The zero-order valence-corrected chi connectivity index (χ0v) is 22.1. The fourth-order valence-electron chi connectivity index (χ4n) is 4.23. The molecule has 0 radical (unpaired) electrons.